The molecular formula is C23H28N4O2. The molecule has 1 N–H and O–H groups in total. The van der Waals surface area contributed by atoms with Crippen molar-refractivity contribution in [2.24, 2.45) is 13.0 Å². The standard InChI is InChI=1S/C23H28N4O2/c1-26-21-6-4-3-5-20(21)25-23(26)27-15-12-18(13-16-27)22(28)24-14-11-17-7-9-19(29-2)10-8-17/h3-10,18H,11-16H2,1-2H3,(H,24,28). The van der Waals surface area contributed by atoms with Gasteiger partial charge in [-0.3, -0.25) is 4.79 Å². The third-order valence-electron chi connectivity index (χ3n) is 5.78. The number of nitrogens with one attached hydrogen (secondary N) is 1. The summed E-state index contributed by atoms with van der Waals surface area (Å²) in [6.07, 6.45) is 2.55. The van der Waals surface area contributed by atoms with E-state index in [1.807, 2.05) is 42.5 Å². The first kappa shape index (κ1) is 19.3. The van der Waals surface area contributed by atoms with Crippen molar-refractivity contribution in [3.8, 4) is 5.75 Å². The summed E-state index contributed by atoms with van der Waals surface area (Å²) < 4.78 is 7.32. The van der Waals surface area contributed by atoms with E-state index >= 15 is 0 Å². The fourth-order valence-electron chi connectivity index (χ4n) is 4.02. The summed E-state index contributed by atoms with van der Waals surface area (Å²) in [4.78, 5) is 19.6. The van der Waals surface area contributed by atoms with Crippen LogP contribution >= 0.6 is 0 Å². The molecule has 2 aromatic carbocycles. The van der Waals surface area contributed by atoms with Crippen LogP contribution in [0.15, 0.2) is 48.5 Å². The molecule has 1 amide bonds. The molecule has 152 valence electrons. The van der Waals surface area contributed by atoms with E-state index in [9.17, 15) is 4.79 Å². The molecule has 0 spiro atoms. The van der Waals surface area contributed by atoms with Crippen molar-refractivity contribution in [3.63, 3.8) is 0 Å². The highest BCUT2D eigenvalue weighted by molar-refractivity contribution is 5.80. The number of hydrogen-bond acceptors (Lipinski definition) is 4. The number of rotatable bonds is 6. The van der Waals surface area contributed by atoms with Gasteiger partial charge in [0.2, 0.25) is 11.9 Å². The zero-order chi connectivity index (χ0) is 20.2. The lowest BCUT2D eigenvalue weighted by Crippen LogP contribution is -2.41. The minimum absolute atomic E-state index is 0.0804. The van der Waals surface area contributed by atoms with Crippen molar-refractivity contribution in [3.05, 3.63) is 54.1 Å². The molecule has 29 heavy (non-hydrogen) atoms. The summed E-state index contributed by atoms with van der Waals surface area (Å²) in [5.41, 5.74) is 3.35. The molecular weight excluding hydrogens is 364 g/mol. The zero-order valence-electron chi connectivity index (χ0n) is 17.1. The Hall–Kier alpha value is -3.02. The molecule has 0 unspecified atom stereocenters. The predicted molar refractivity (Wildman–Crippen MR) is 115 cm³/mol. The van der Waals surface area contributed by atoms with Crippen molar-refractivity contribution in [2.75, 3.05) is 31.6 Å². The van der Waals surface area contributed by atoms with Gasteiger partial charge >= 0.3 is 0 Å². The van der Waals surface area contributed by atoms with Crippen molar-refractivity contribution >= 4 is 22.9 Å². The molecule has 1 fully saturated rings. The van der Waals surface area contributed by atoms with Crippen LogP contribution in [0.5, 0.6) is 5.75 Å². The van der Waals surface area contributed by atoms with Gasteiger partial charge in [0, 0.05) is 32.6 Å². The topological polar surface area (TPSA) is 59.4 Å². The van der Waals surface area contributed by atoms with Gasteiger partial charge in [0.15, 0.2) is 0 Å². The fraction of sp³-hybridized carbons (Fsp3) is 0.391. The summed E-state index contributed by atoms with van der Waals surface area (Å²) >= 11 is 0. The van der Waals surface area contributed by atoms with E-state index in [-0.39, 0.29) is 11.8 Å². The second kappa shape index (κ2) is 8.55. The lowest BCUT2D eigenvalue weighted by molar-refractivity contribution is -0.125. The van der Waals surface area contributed by atoms with Crippen molar-refractivity contribution < 1.29 is 9.53 Å². The number of aryl methyl sites for hydroxylation is 1. The third kappa shape index (κ3) is 4.21. The highest BCUT2D eigenvalue weighted by Gasteiger charge is 2.26. The predicted octanol–water partition coefficient (Wildman–Crippen LogP) is 3.16. The molecule has 2 heterocycles. The average molecular weight is 393 g/mol. The number of methoxy groups -OCH3 is 1. The second-order valence-corrected chi connectivity index (χ2v) is 7.61. The van der Waals surface area contributed by atoms with Gasteiger partial charge in [-0.15, -0.1) is 0 Å². The molecule has 0 atom stereocenters. The Balaban J connectivity index is 1.27. The van der Waals surface area contributed by atoms with Crippen LogP contribution in [0.2, 0.25) is 0 Å². The van der Waals surface area contributed by atoms with Crippen LogP contribution in [0, 0.1) is 5.92 Å². The smallest absolute Gasteiger partial charge is 0.223 e. The SMILES string of the molecule is COc1ccc(CCNC(=O)C2CCN(c3nc4ccccc4n3C)CC2)cc1. The first-order valence-electron chi connectivity index (χ1n) is 10.2. The van der Waals surface area contributed by atoms with Gasteiger partial charge in [-0.1, -0.05) is 24.3 Å². The summed E-state index contributed by atoms with van der Waals surface area (Å²) in [6, 6.07) is 16.2. The van der Waals surface area contributed by atoms with Gasteiger partial charge in [0.25, 0.3) is 0 Å². The van der Waals surface area contributed by atoms with Gasteiger partial charge < -0.3 is 19.5 Å². The van der Waals surface area contributed by atoms with E-state index in [4.69, 9.17) is 9.72 Å². The van der Waals surface area contributed by atoms with Crippen LogP contribution in [-0.2, 0) is 18.3 Å². The Bertz CT molecular complexity index is 972. The van der Waals surface area contributed by atoms with Gasteiger partial charge in [0.05, 0.1) is 18.1 Å². The Morgan fingerprint density at radius 3 is 2.55 bits per heavy atom. The van der Waals surface area contributed by atoms with E-state index in [0.717, 1.165) is 55.1 Å². The van der Waals surface area contributed by atoms with Crippen LogP contribution < -0.4 is 15.0 Å². The Morgan fingerprint density at radius 1 is 1.14 bits per heavy atom. The highest BCUT2D eigenvalue weighted by Crippen LogP contribution is 2.26. The van der Waals surface area contributed by atoms with E-state index in [0.29, 0.717) is 6.54 Å². The van der Waals surface area contributed by atoms with Crippen molar-refractivity contribution in [1.29, 1.82) is 0 Å². The monoisotopic (exact) mass is 392 g/mol. The molecule has 6 heteroatoms. The minimum atomic E-state index is 0.0804. The Labute approximate surface area is 171 Å². The molecule has 4 rings (SSSR count). The number of nitrogens with zero attached hydrogens (tertiary/aromatic N) is 3. The van der Waals surface area contributed by atoms with Crippen LogP contribution in [0.4, 0.5) is 5.95 Å². The van der Waals surface area contributed by atoms with E-state index in [1.165, 1.54) is 5.56 Å². The number of piperidine rings is 1. The summed E-state index contributed by atoms with van der Waals surface area (Å²) in [5, 5.41) is 3.11. The van der Waals surface area contributed by atoms with Crippen molar-refractivity contribution in [1.82, 2.24) is 14.9 Å². The Kier molecular flexibility index (Phi) is 5.69. The summed E-state index contributed by atoms with van der Waals surface area (Å²) in [5.74, 6) is 2.09. The third-order valence-corrected chi connectivity index (χ3v) is 5.78. The lowest BCUT2D eigenvalue weighted by atomic mass is 9.96. The molecule has 3 aromatic rings. The maximum Gasteiger partial charge on any atom is 0.223 e. The first-order valence-corrected chi connectivity index (χ1v) is 10.2. The molecule has 1 aromatic heterocycles. The summed E-state index contributed by atoms with van der Waals surface area (Å²) in [7, 11) is 3.72. The fourth-order valence-corrected chi connectivity index (χ4v) is 4.02. The number of hydrogen-bond donors (Lipinski definition) is 1. The number of carbonyl (C=O) groups is 1. The molecule has 1 aliphatic rings. The average Bonchev–Trinajstić information content (AvgIpc) is 3.11. The van der Waals surface area contributed by atoms with E-state index in [1.54, 1.807) is 7.11 Å². The summed E-state index contributed by atoms with van der Waals surface area (Å²) in [6.45, 7) is 2.37. The normalized spacial score (nSPS) is 14.9. The van der Waals surface area contributed by atoms with E-state index < -0.39 is 0 Å². The highest BCUT2D eigenvalue weighted by atomic mass is 16.5. The minimum Gasteiger partial charge on any atom is -0.497 e. The number of anilines is 1. The maximum absolute atomic E-state index is 12.6. The quantitative estimate of drug-likeness (QED) is 0.700. The van der Waals surface area contributed by atoms with Crippen LogP contribution in [0.3, 0.4) is 0 Å². The molecule has 6 nitrogen and oxygen atoms in total. The number of amides is 1. The molecule has 0 saturated carbocycles. The van der Waals surface area contributed by atoms with Crippen LogP contribution in [0.1, 0.15) is 18.4 Å². The number of aromatic nitrogens is 2. The number of imidazole rings is 1. The molecule has 0 aliphatic carbocycles. The zero-order valence-corrected chi connectivity index (χ0v) is 17.1. The van der Waals surface area contributed by atoms with Crippen LogP contribution in [0.25, 0.3) is 11.0 Å². The number of carbonyl (C=O) groups excluding carboxylic acids is 1. The van der Waals surface area contributed by atoms with Gasteiger partial charge in [-0.2, -0.15) is 0 Å². The van der Waals surface area contributed by atoms with Gasteiger partial charge in [-0.25, -0.2) is 4.98 Å². The number of fused-ring (bicyclic) bond motifs is 1. The van der Waals surface area contributed by atoms with E-state index in [2.05, 4.69) is 27.9 Å². The molecule has 0 radical (unpaired) electrons. The molecule has 1 saturated heterocycles. The second-order valence-electron chi connectivity index (χ2n) is 7.61. The maximum atomic E-state index is 12.6. The largest absolute Gasteiger partial charge is 0.497 e. The molecule has 1 aliphatic heterocycles. The van der Waals surface area contributed by atoms with Crippen LogP contribution in [-0.4, -0.2) is 42.2 Å². The number of para-hydroxylation sites is 2. The first-order chi connectivity index (χ1) is 14.2. The van der Waals surface area contributed by atoms with Gasteiger partial charge in [0.1, 0.15) is 5.75 Å². The van der Waals surface area contributed by atoms with Gasteiger partial charge in [-0.05, 0) is 49.1 Å². The number of ether oxygens (including phenoxy) is 1. The van der Waals surface area contributed by atoms with Crippen molar-refractivity contribution in [2.45, 2.75) is 19.3 Å². The lowest BCUT2D eigenvalue weighted by Gasteiger charge is -2.32. The molecule has 0 bridgehead atoms. The Morgan fingerprint density at radius 2 is 1.86 bits per heavy atom. The number of benzene rings is 2.